The normalized spacial score (nSPS) is 13.1. The van der Waals surface area contributed by atoms with Gasteiger partial charge >= 0.3 is 12.4 Å². The second-order valence-electron chi connectivity index (χ2n) is 8.68. The maximum Gasteiger partial charge on any atom is 0.430 e. The van der Waals surface area contributed by atoms with Gasteiger partial charge in [0.25, 0.3) is 5.60 Å². The van der Waals surface area contributed by atoms with E-state index in [4.69, 9.17) is 4.74 Å². The van der Waals surface area contributed by atoms with Crippen LogP contribution in [0.15, 0.2) is 73.1 Å². The molecule has 0 aliphatic rings. The third-order valence-electron chi connectivity index (χ3n) is 5.68. The van der Waals surface area contributed by atoms with E-state index >= 15 is 0 Å². The standard InChI is InChI=1S/C27H22F6N2O2/c1-17(2)37-22-12-10-21(11-13-22)35-16-34-23-15-19(7-14-24(23)35)4-3-18-5-8-20(9-6-18)25(36,26(28,29)30)27(31,32)33/h3-17,36H,1-2H3/b4-3-. The second-order valence-corrected chi connectivity index (χ2v) is 8.68. The third-order valence-corrected chi connectivity index (χ3v) is 5.68. The van der Waals surface area contributed by atoms with Gasteiger partial charge < -0.3 is 9.84 Å². The van der Waals surface area contributed by atoms with E-state index in [0.29, 0.717) is 23.2 Å². The van der Waals surface area contributed by atoms with Crippen molar-refractivity contribution >= 4 is 23.2 Å². The number of hydrogen-bond donors (Lipinski definition) is 1. The van der Waals surface area contributed by atoms with E-state index < -0.39 is 23.5 Å². The van der Waals surface area contributed by atoms with Crippen LogP contribution >= 0.6 is 0 Å². The average Bonchev–Trinajstić information content (AvgIpc) is 3.24. The number of rotatable bonds is 6. The molecule has 0 radical (unpaired) electrons. The summed E-state index contributed by atoms with van der Waals surface area (Å²) >= 11 is 0. The fourth-order valence-corrected chi connectivity index (χ4v) is 3.81. The number of aromatic nitrogens is 2. The Hall–Kier alpha value is -3.79. The molecule has 1 aromatic heterocycles. The summed E-state index contributed by atoms with van der Waals surface area (Å²) in [5.41, 5.74) is -2.75. The summed E-state index contributed by atoms with van der Waals surface area (Å²) in [6.07, 6.45) is -6.91. The van der Waals surface area contributed by atoms with Crippen LogP contribution in [-0.4, -0.2) is 33.1 Å². The molecular weight excluding hydrogens is 498 g/mol. The predicted octanol–water partition coefficient (Wildman–Crippen LogP) is 7.30. The molecule has 0 amide bonds. The molecule has 37 heavy (non-hydrogen) atoms. The Bertz CT molecular complexity index is 1390. The molecule has 1 heterocycles. The molecule has 0 aliphatic carbocycles. The largest absolute Gasteiger partial charge is 0.491 e. The van der Waals surface area contributed by atoms with Crippen molar-refractivity contribution < 1.29 is 36.2 Å². The third kappa shape index (κ3) is 5.20. The van der Waals surface area contributed by atoms with Gasteiger partial charge in [-0.2, -0.15) is 26.3 Å². The first-order valence-electron chi connectivity index (χ1n) is 11.2. The Morgan fingerprint density at radius 3 is 1.95 bits per heavy atom. The molecule has 10 heteroatoms. The zero-order valence-corrected chi connectivity index (χ0v) is 19.7. The van der Waals surface area contributed by atoms with Crippen molar-refractivity contribution in [3.05, 3.63) is 89.7 Å². The minimum atomic E-state index is -5.93. The summed E-state index contributed by atoms with van der Waals surface area (Å²) in [5.74, 6) is 0.755. The van der Waals surface area contributed by atoms with Crippen molar-refractivity contribution in [1.29, 1.82) is 0 Å². The van der Waals surface area contributed by atoms with Crippen LogP contribution in [-0.2, 0) is 5.60 Å². The van der Waals surface area contributed by atoms with Crippen molar-refractivity contribution in [3.63, 3.8) is 0 Å². The van der Waals surface area contributed by atoms with Crippen LogP contribution in [0.2, 0.25) is 0 Å². The first kappa shape index (κ1) is 26.3. The van der Waals surface area contributed by atoms with Gasteiger partial charge in [0.2, 0.25) is 0 Å². The highest BCUT2D eigenvalue weighted by Crippen LogP contribution is 2.50. The van der Waals surface area contributed by atoms with Crippen molar-refractivity contribution in [1.82, 2.24) is 9.55 Å². The topological polar surface area (TPSA) is 47.3 Å². The SMILES string of the molecule is CC(C)Oc1ccc(-n2cnc3cc(/C=C\c4ccc(C(O)(C(F)(F)F)C(F)(F)F)cc4)ccc32)cc1. The van der Waals surface area contributed by atoms with E-state index in [2.05, 4.69) is 4.98 Å². The minimum absolute atomic E-state index is 0.0624. The summed E-state index contributed by atoms with van der Waals surface area (Å²) in [5, 5.41) is 9.50. The number of alkyl halides is 6. The lowest BCUT2D eigenvalue weighted by atomic mass is 9.91. The molecule has 194 valence electrons. The molecule has 3 aromatic carbocycles. The lowest BCUT2D eigenvalue weighted by Crippen LogP contribution is -2.53. The van der Waals surface area contributed by atoms with Crippen LogP contribution < -0.4 is 4.74 Å². The van der Waals surface area contributed by atoms with E-state index in [1.54, 1.807) is 18.5 Å². The predicted molar refractivity (Wildman–Crippen MR) is 128 cm³/mol. The summed E-state index contributed by atoms with van der Waals surface area (Å²) in [6.45, 7) is 3.89. The summed E-state index contributed by atoms with van der Waals surface area (Å²) in [4.78, 5) is 4.42. The number of aliphatic hydroxyl groups is 1. The van der Waals surface area contributed by atoms with Crippen LogP contribution in [0.1, 0.15) is 30.5 Å². The maximum absolute atomic E-state index is 13.1. The second kappa shape index (κ2) is 9.59. The van der Waals surface area contributed by atoms with Gasteiger partial charge in [0.15, 0.2) is 0 Å². The number of imidazole rings is 1. The lowest BCUT2D eigenvalue weighted by molar-refractivity contribution is -0.376. The Balaban J connectivity index is 1.54. The molecule has 0 unspecified atom stereocenters. The Labute approximate surface area is 208 Å². The van der Waals surface area contributed by atoms with Crippen LogP contribution in [0.3, 0.4) is 0 Å². The van der Waals surface area contributed by atoms with Crippen molar-refractivity contribution in [2.24, 2.45) is 0 Å². The van der Waals surface area contributed by atoms with E-state index in [9.17, 15) is 31.4 Å². The first-order chi connectivity index (χ1) is 17.3. The van der Waals surface area contributed by atoms with Crippen LogP contribution in [0.5, 0.6) is 5.75 Å². The van der Waals surface area contributed by atoms with Gasteiger partial charge in [0, 0.05) is 11.3 Å². The highest BCUT2D eigenvalue weighted by molar-refractivity contribution is 5.82. The summed E-state index contributed by atoms with van der Waals surface area (Å²) in [6, 6.07) is 16.4. The molecule has 4 aromatic rings. The van der Waals surface area contributed by atoms with Gasteiger partial charge in [-0.1, -0.05) is 42.5 Å². The van der Waals surface area contributed by atoms with Crippen molar-refractivity contribution in [3.8, 4) is 11.4 Å². The van der Waals surface area contributed by atoms with E-state index in [1.165, 1.54) is 6.08 Å². The zero-order valence-electron chi connectivity index (χ0n) is 19.7. The molecule has 0 saturated carbocycles. The fourth-order valence-electron chi connectivity index (χ4n) is 3.81. The highest BCUT2D eigenvalue weighted by atomic mass is 19.4. The van der Waals surface area contributed by atoms with Crippen LogP contribution in [0.25, 0.3) is 28.9 Å². The Morgan fingerprint density at radius 2 is 1.38 bits per heavy atom. The van der Waals surface area contributed by atoms with Gasteiger partial charge in [-0.3, -0.25) is 4.57 Å². The lowest BCUT2D eigenvalue weighted by Gasteiger charge is -2.32. The van der Waals surface area contributed by atoms with E-state index in [0.717, 1.165) is 34.6 Å². The molecular formula is C27H22F6N2O2. The number of halogens is 6. The van der Waals surface area contributed by atoms with Crippen LogP contribution in [0, 0.1) is 0 Å². The quantitative estimate of drug-likeness (QED) is 0.215. The van der Waals surface area contributed by atoms with Gasteiger partial charge in [-0.25, -0.2) is 4.98 Å². The number of nitrogens with zero attached hydrogens (tertiary/aromatic N) is 2. The average molecular weight is 520 g/mol. The molecule has 0 atom stereocenters. The van der Waals surface area contributed by atoms with E-state index in [1.807, 2.05) is 54.8 Å². The smallest absolute Gasteiger partial charge is 0.430 e. The van der Waals surface area contributed by atoms with Crippen molar-refractivity contribution in [2.45, 2.75) is 37.9 Å². The Morgan fingerprint density at radius 1 is 0.811 bits per heavy atom. The summed E-state index contributed by atoms with van der Waals surface area (Å²) in [7, 11) is 0. The Kier molecular flexibility index (Phi) is 6.81. The van der Waals surface area contributed by atoms with E-state index in [-0.39, 0.29) is 6.10 Å². The highest BCUT2D eigenvalue weighted by Gasteiger charge is 2.71. The fraction of sp³-hybridized carbons (Fsp3) is 0.222. The number of ether oxygens (including phenoxy) is 1. The van der Waals surface area contributed by atoms with Gasteiger partial charge in [0.1, 0.15) is 12.1 Å². The molecule has 0 aliphatic heterocycles. The molecule has 4 rings (SSSR count). The molecule has 0 spiro atoms. The number of benzene rings is 3. The monoisotopic (exact) mass is 520 g/mol. The molecule has 4 nitrogen and oxygen atoms in total. The maximum atomic E-state index is 13.1. The summed E-state index contributed by atoms with van der Waals surface area (Å²) < 4.78 is 85.9. The first-order valence-corrected chi connectivity index (χ1v) is 11.2. The van der Waals surface area contributed by atoms with Crippen LogP contribution in [0.4, 0.5) is 26.3 Å². The van der Waals surface area contributed by atoms with Gasteiger partial charge in [-0.15, -0.1) is 0 Å². The molecule has 0 bridgehead atoms. The molecule has 0 fully saturated rings. The number of hydrogen-bond acceptors (Lipinski definition) is 3. The zero-order chi connectivity index (χ0) is 27.0. The van der Waals surface area contributed by atoms with Gasteiger partial charge in [0.05, 0.1) is 17.1 Å². The molecule has 1 N–H and O–H groups in total. The minimum Gasteiger partial charge on any atom is -0.491 e. The van der Waals surface area contributed by atoms with Gasteiger partial charge in [-0.05, 0) is 61.4 Å². The van der Waals surface area contributed by atoms with Crippen molar-refractivity contribution in [2.75, 3.05) is 0 Å². The number of fused-ring (bicyclic) bond motifs is 1. The molecule has 0 saturated heterocycles.